The van der Waals surface area contributed by atoms with Crippen molar-refractivity contribution < 1.29 is 24.1 Å². The van der Waals surface area contributed by atoms with Crippen LogP contribution in [-0.4, -0.2) is 50.1 Å². The van der Waals surface area contributed by atoms with E-state index in [4.69, 9.17) is 14.2 Å². The van der Waals surface area contributed by atoms with E-state index in [-0.39, 0.29) is 12.6 Å². The highest BCUT2D eigenvalue weighted by molar-refractivity contribution is 7.21. The molecule has 0 aliphatic rings. The maximum absolute atomic E-state index is 12.2. The van der Waals surface area contributed by atoms with Crippen molar-refractivity contribution in [3.8, 4) is 11.5 Å². The van der Waals surface area contributed by atoms with Gasteiger partial charge in [0.1, 0.15) is 25.1 Å². The van der Waals surface area contributed by atoms with Crippen LogP contribution >= 0.6 is 11.3 Å². The van der Waals surface area contributed by atoms with Crippen molar-refractivity contribution in [2.75, 3.05) is 32.9 Å². The zero-order valence-corrected chi connectivity index (χ0v) is 17.1. The lowest BCUT2D eigenvalue weighted by atomic mass is 10.2. The Labute approximate surface area is 174 Å². The van der Waals surface area contributed by atoms with Crippen LogP contribution < -0.4 is 14.8 Å². The average molecular weight is 416 g/mol. The summed E-state index contributed by atoms with van der Waals surface area (Å²) < 4.78 is 17.6. The summed E-state index contributed by atoms with van der Waals surface area (Å²) >= 11 is 1.37. The fourth-order valence-corrected chi connectivity index (χ4v) is 3.80. The molecule has 0 saturated carbocycles. The lowest BCUT2D eigenvalue weighted by Crippen LogP contribution is -2.33. The summed E-state index contributed by atoms with van der Waals surface area (Å²) in [4.78, 5) is 12.7. The first-order valence-corrected chi connectivity index (χ1v) is 10.4. The van der Waals surface area contributed by atoms with Gasteiger partial charge in [0, 0.05) is 23.2 Å². The topological polar surface area (TPSA) is 77.0 Å². The zero-order valence-electron chi connectivity index (χ0n) is 16.3. The van der Waals surface area contributed by atoms with E-state index in [1.165, 1.54) is 11.3 Å². The Balaban J connectivity index is 1.47. The lowest BCUT2D eigenvalue weighted by molar-refractivity contribution is 0.0528. The van der Waals surface area contributed by atoms with Gasteiger partial charge in [-0.3, -0.25) is 0 Å². The summed E-state index contributed by atoms with van der Waals surface area (Å²) in [5, 5.41) is 14.1. The third-order valence-corrected chi connectivity index (χ3v) is 5.23. The Kier molecular flexibility index (Phi) is 7.86. The Bertz CT molecular complexity index is 912. The molecule has 0 aliphatic heterocycles. The summed E-state index contributed by atoms with van der Waals surface area (Å²) in [5.41, 5.74) is 0. The van der Waals surface area contributed by atoms with Gasteiger partial charge < -0.3 is 24.6 Å². The third kappa shape index (κ3) is 5.93. The van der Waals surface area contributed by atoms with Crippen molar-refractivity contribution in [3.05, 3.63) is 59.5 Å². The second-order valence-electron chi connectivity index (χ2n) is 6.31. The Morgan fingerprint density at radius 2 is 1.86 bits per heavy atom. The van der Waals surface area contributed by atoms with Crippen molar-refractivity contribution in [2.24, 2.45) is 0 Å². The Hall–Kier alpha value is -2.61. The van der Waals surface area contributed by atoms with Crippen LogP contribution in [0.1, 0.15) is 16.6 Å². The molecule has 1 heterocycles. The number of thiophene rings is 1. The van der Waals surface area contributed by atoms with Gasteiger partial charge >= 0.3 is 5.97 Å². The van der Waals surface area contributed by atoms with E-state index in [1.54, 1.807) is 6.92 Å². The molecule has 29 heavy (non-hydrogen) atoms. The molecular weight excluding hydrogens is 390 g/mol. The van der Waals surface area contributed by atoms with Crippen LogP contribution in [0.2, 0.25) is 0 Å². The molecule has 2 N–H and O–H groups in total. The molecule has 7 heteroatoms. The number of ether oxygens (including phenoxy) is 3. The maximum Gasteiger partial charge on any atom is 0.352 e. The van der Waals surface area contributed by atoms with Crippen molar-refractivity contribution in [1.82, 2.24) is 5.32 Å². The van der Waals surface area contributed by atoms with Gasteiger partial charge in [0.2, 0.25) is 0 Å². The molecule has 3 aromatic rings. The van der Waals surface area contributed by atoms with Crippen LogP contribution in [0.4, 0.5) is 0 Å². The fourth-order valence-electron chi connectivity index (χ4n) is 2.76. The molecule has 3 rings (SSSR count). The second-order valence-corrected chi connectivity index (χ2v) is 7.36. The predicted molar refractivity (Wildman–Crippen MR) is 114 cm³/mol. The van der Waals surface area contributed by atoms with Gasteiger partial charge in [0.05, 0.1) is 6.61 Å². The minimum Gasteiger partial charge on any atom is -0.491 e. The van der Waals surface area contributed by atoms with E-state index < -0.39 is 6.10 Å². The molecule has 0 radical (unpaired) electrons. The number of carbonyl (C=O) groups is 1. The molecule has 0 unspecified atom stereocenters. The SMILES string of the molecule is CCOC(=O)c1sc2ccccc2c1OCCNC[C@H](O)COc1ccccc1. The van der Waals surface area contributed by atoms with Gasteiger partial charge in [-0.2, -0.15) is 0 Å². The third-order valence-electron chi connectivity index (χ3n) is 4.10. The molecule has 1 atom stereocenters. The van der Waals surface area contributed by atoms with E-state index in [1.807, 2.05) is 54.6 Å². The number of carbonyl (C=O) groups excluding carboxylic acids is 1. The van der Waals surface area contributed by atoms with Gasteiger partial charge in [-0.25, -0.2) is 4.79 Å². The van der Waals surface area contributed by atoms with Crippen LogP contribution in [0.15, 0.2) is 54.6 Å². The van der Waals surface area contributed by atoms with Gasteiger partial charge in [-0.1, -0.05) is 30.3 Å². The summed E-state index contributed by atoms with van der Waals surface area (Å²) in [6.07, 6.45) is -0.632. The Morgan fingerprint density at radius 3 is 2.66 bits per heavy atom. The average Bonchev–Trinajstić information content (AvgIpc) is 3.12. The van der Waals surface area contributed by atoms with Crippen molar-refractivity contribution in [3.63, 3.8) is 0 Å². The molecule has 0 fully saturated rings. The van der Waals surface area contributed by atoms with E-state index in [9.17, 15) is 9.90 Å². The predicted octanol–water partition coefficient (Wildman–Crippen LogP) is 3.49. The number of hydrogen-bond acceptors (Lipinski definition) is 7. The van der Waals surface area contributed by atoms with Crippen LogP contribution in [0, 0.1) is 0 Å². The number of aliphatic hydroxyl groups excluding tert-OH is 1. The van der Waals surface area contributed by atoms with Crippen molar-refractivity contribution in [1.29, 1.82) is 0 Å². The van der Waals surface area contributed by atoms with Crippen molar-refractivity contribution >= 4 is 27.4 Å². The highest BCUT2D eigenvalue weighted by Crippen LogP contribution is 2.38. The first-order valence-electron chi connectivity index (χ1n) is 9.57. The smallest absolute Gasteiger partial charge is 0.352 e. The molecule has 0 spiro atoms. The number of para-hydroxylation sites is 1. The number of nitrogens with one attached hydrogen (secondary N) is 1. The number of fused-ring (bicyclic) bond motifs is 1. The standard InChI is InChI=1S/C22H25NO5S/c1-2-26-22(25)21-20(18-10-6-7-11-19(18)29-21)27-13-12-23-14-16(24)15-28-17-8-4-3-5-9-17/h3-11,16,23-24H,2,12-15H2,1H3/t16-/m0/s1. The van der Waals surface area contributed by atoms with E-state index in [0.717, 1.165) is 15.8 Å². The molecule has 0 aliphatic carbocycles. The molecule has 0 saturated heterocycles. The van der Waals surface area contributed by atoms with Crippen LogP contribution in [0.5, 0.6) is 11.5 Å². The summed E-state index contributed by atoms with van der Waals surface area (Å²) in [6.45, 7) is 3.57. The number of esters is 1. The van der Waals surface area contributed by atoms with Crippen LogP contribution in [-0.2, 0) is 4.74 Å². The fraction of sp³-hybridized carbons (Fsp3) is 0.318. The number of hydrogen-bond donors (Lipinski definition) is 2. The highest BCUT2D eigenvalue weighted by atomic mass is 32.1. The molecule has 2 aromatic carbocycles. The zero-order chi connectivity index (χ0) is 20.5. The van der Waals surface area contributed by atoms with Crippen LogP contribution in [0.25, 0.3) is 10.1 Å². The number of aliphatic hydroxyl groups is 1. The number of rotatable bonds is 11. The van der Waals surface area contributed by atoms with E-state index in [2.05, 4.69) is 5.32 Å². The molecule has 1 aromatic heterocycles. The lowest BCUT2D eigenvalue weighted by Gasteiger charge is -2.14. The van der Waals surface area contributed by atoms with Gasteiger partial charge in [0.15, 0.2) is 10.6 Å². The number of benzene rings is 2. The Morgan fingerprint density at radius 1 is 1.10 bits per heavy atom. The van der Waals surface area contributed by atoms with Gasteiger partial charge in [-0.05, 0) is 31.2 Å². The molecule has 0 bridgehead atoms. The van der Waals surface area contributed by atoms with Crippen molar-refractivity contribution in [2.45, 2.75) is 13.0 Å². The first-order chi connectivity index (χ1) is 14.2. The second kappa shape index (κ2) is 10.8. The molecule has 154 valence electrons. The quantitative estimate of drug-likeness (QED) is 0.369. The van der Waals surface area contributed by atoms with Crippen LogP contribution in [0.3, 0.4) is 0 Å². The normalized spacial score (nSPS) is 11.9. The highest BCUT2D eigenvalue weighted by Gasteiger charge is 2.20. The first kappa shape index (κ1) is 21.1. The molecule has 0 amide bonds. The van der Waals surface area contributed by atoms with Gasteiger partial charge in [0.25, 0.3) is 0 Å². The van der Waals surface area contributed by atoms with E-state index >= 15 is 0 Å². The monoisotopic (exact) mass is 415 g/mol. The van der Waals surface area contributed by atoms with E-state index in [0.29, 0.717) is 36.9 Å². The minimum atomic E-state index is -0.632. The summed E-state index contributed by atoms with van der Waals surface area (Å²) in [6, 6.07) is 17.1. The van der Waals surface area contributed by atoms with Gasteiger partial charge in [-0.15, -0.1) is 11.3 Å². The molecule has 6 nitrogen and oxygen atoms in total. The maximum atomic E-state index is 12.2. The largest absolute Gasteiger partial charge is 0.491 e. The summed E-state index contributed by atoms with van der Waals surface area (Å²) in [7, 11) is 0. The minimum absolute atomic E-state index is 0.208. The molecular formula is C22H25NO5S. The summed E-state index contributed by atoms with van der Waals surface area (Å²) in [5.74, 6) is 0.912.